The highest BCUT2D eigenvalue weighted by atomic mass is 15.3. The third-order valence-electron chi connectivity index (χ3n) is 2.75. The molecule has 0 amide bonds. The molecule has 0 unspecified atom stereocenters. The molecule has 1 rings (SSSR count). The second-order valence-electron chi connectivity index (χ2n) is 4.87. The fraction of sp³-hybridized carbons (Fsp3) is 0.667. The van der Waals surface area contributed by atoms with E-state index in [1.54, 1.807) is 6.20 Å². The van der Waals surface area contributed by atoms with E-state index in [9.17, 15) is 0 Å². The van der Waals surface area contributed by atoms with Crippen LogP contribution in [0.25, 0.3) is 0 Å². The van der Waals surface area contributed by atoms with E-state index in [0.717, 1.165) is 19.5 Å². The SMILES string of the molecule is Cn1nccc1CNCC(C)(C)CCC#N. The molecule has 0 aliphatic carbocycles. The molecular weight excluding hydrogens is 200 g/mol. The molecule has 1 heterocycles. The lowest BCUT2D eigenvalue weighted by Gasteiger charge is -2.23. The Morgan fingerprint density at radius 3 is 2.88 bits per heavy atom. The van der Waals surface area contributed by atoms with Gasteiger partial charge in [0, 0.05) is 32.8 Å². The average Bonchev–Trinajstić information content (AvgIpc) is 2.62. The van der Waals surface area contributed by atoms with Crippen molar-refractivity contribution >= 4 is 0 Å². The van der Waals surface area contributed by atoms with Crippen LogP contribution >= 0.6 is 0 Å². The summed E-state index contributed by atoms with van der Waals surface area (Å²) in [5.41, 5.74) is 1.35. The molecule has 0 radical (unpaired) electrons. The summed E-state index contributed by atoms with van der Waals surface area (Å²) in [4.78, 5) is 0. The third-order valence-corrected chi connectivity index (χ3v) is 2.75. The van der Waals surface area contributed by atoms with Gasteiger partial charge in [-0.25, -0.2) is 0 Å². The molecule has 0 atom stereocenters. The van der Waals surface area contributed by atoms with E-state index in [0.29, 0.717) is 6.42 Å². The maximum absolute atomic E-state index is 8.56. The maximum Gasteiger partial charge on any atom is 0.0621 e. The zero-order valence-electron chi connectivity index (χ0n) is 10.3. The zero-order valence-corrected chi connectivity index (χ0v) is 10.3. The van der Waals surface area contributed by atoms with Gasteiger partial charge in [0.25, 0.3) is 0 Å². The predicted molar refractivity (Wildman–Crippen MR) is 63.5 cm³/mol. The first kappa shape index (κ1) is 12.7. The summed E-state index contributed by atoms with van der Waals surface area (Å²) < 4.78 is 1.87. The Morgan fingerprint density at radius 1 is 1.56 bits per heavy atom. The molecule has 0 bridgehead atoms. The fourth-order valence-electron chi connectivity index (χ4n) is 1.59. The molecule has 88 valence electrons. The van der Waals surface area contributed by atoms with Crippen molar-refractivity contribution in [2.75, 3.05) is 6.54 Å². The summed E-state index contributed by atoms with van der Waals surface area (Å²) in [6, 6.07) is 4.20. The van der Waals surface area contributed by atoms with Crippen LogP contribution in [0.4, 0.5) is 0 Å². The van der Waals surface area contributed by atoms with Gasteiger partial charge in [-0.2, -0.15) is 10.4 Å². The predicted octanol–water partition coefficient (Wildman–Crippen LogP) is 1.84. The van der Waals surface area contributed by atoms with E-state index in [-0.39, 0.29) is 5.41 Å². The van der Waals surface area contributed by atoms with Gasteiger partial charge in [-0.1, -0.05) is 13.8 Å². The van der Waals surface area contributed by atoms with Crippen molar-refractivity contribution in [2.45, 2.75) is 33.2 Å². The summed E-state index contributed by atoms with van der Waals surface area (Å²) >= 11 is 0. The molecule has 0 aliphatic rings. The van der Waals surface area contributed by atoms with E-state index in [4.69, 9.17) is 5.26 Å². The van der Waals surface area contributed by atoms with Crippen LogP contribution in [-0.4, -0.2) is 16.3 Å². The number of rotatable bonds is 6. The first-order valence-electron chi connectivity index (χ1n) is 5.60. The molecule has 0 saturated carbocycles. The molecule has 0 saturated heterocycles. The molecule has 0 aliphatic heterocycles. The van der Waals surface area contributed by atoms with Gasteiger partial charge in [0.2, 0.25) is 0 Å². The van der Waals surface area contributed by atoms with Gasteiger partial charge in [-0.3, -0.25) is 4.68 Å². The Bertz CT molecular complexity index is 359. The quantitative estimate of drug-likeness (QED) is 0.796. The minimum Gasteiger partial charge on any atom is -0.311 e. The molecule has 0 spiro atoms. The number of nitrogens with zero attached hydrogens (tertiary/aromatic N) is 3. The number of aromatic nitrogens is 2. The summed E-state index contributed by atoms with van der Waals surface area (Å²) in [6.45, 7) is 6.10. The Hall–Kier alpha value is -1.34. The second-order valence-corrected chi connectivity index (χ2v) is 4.87. The van der Waals surface area contributed by atoms with Crippen LogP contribution in [-0.2, 0) is 13.6 Å². The Balaban J connectivity index is 2.30. The van der Waals surface area contributed by atoms with E-state index < -0.39 is 0 Å². The van der Waals surface area contributed by atoms with Crippen LogP contribution in [0.1, 0.15) is 32.4 Å². The van der Waals surface area contributed by atoms with Crippen LogP contribution in [0.3, 0.4) is 0 Å². The van der Waals surface area contributed by atoms with Crippen molar-refractivity contribution in [1.82, 2.24) is 15.1 Å². The van der Waals surface area contributed by atoms with Gasteiger partial charge in [0.15, 0.2) is 0 Å². The molecule has 1 aromatic heterocycles. The van der Waals surface area contributed by atoms with Crippen LogP contribution in [0, 0.1) is 16.7 Å². The topological polar surface area (TPSA) is 53.6 Å². The number of hydrogen-bond donors (Lipinski definition) is 1. The highest BCUT2D eigenvalue weighted by molar-refractivity contribution is 4.99. The molecule has 1 aromatic rings. The van der Waals surface area contributed by atoms with Crippen molar-refractivity contribution in [2.24, 2.45) is 12.5 Å². The van der Waals surface area contributed by atoms with E-state index in [2.05, 4.69) is 30.3 Å². The van der Waals surface area contributed by atoms with Crippen molar-refractivity contribution < 1.29 is 0 Å². The van der Waals surface area contributed by atoms with Crippen molar-refractivity contribution in [3.05, 3.63) is 18.0 Å². The average molecular weight is 220 g/mol. The number of hydrogen-bond acceptors (Lipinski definition) is 3. The number of aryl methyl sites for hydroxylation is 1. The summed E-state index contributed by atoms with van der Waals surface area (Å²) in [7, 11) is 1.94. The lowest BCUT2D eigenvalue weighted by Crippen LogP contribution is -2.29. The van der Waals surface area contributed by atoms with Crippen LogP contribution in [0.2, 0.25) is 0 Å². The van der Waals surface area contributed by atoms with Crippen LogP contribution < -0.4 is 5.32 Å². The van der Waals surface area contributed by atoms with Gasteiger partial charge in [0.05, 0.1) is 11.8 Å². The standard InChI is InChI=1S/C12H20N4/c1-12(2,6-4-7-13)10-14-9-11-5-8-15-16(11)3/h5,8,14H,4,6,9-10H2,1-3H3. The first-order chi connectivity index (χ1) is 7.55. The van der Waals surface area contributed by atoms with Gasteiger partial charge in [0.1, 0.15) is 0 Å². The maximum atomic E-state index is 8.56. The normalized spacial score (nSPS) is 11.4. The van der Waals surface area contributed by atoms with E-state index in [1.165, 1.54) is 5.69 Å². The molecule has 1 N–H and O–H groups in total. The van der Waals surface area contributed by atoms with Crippen molar-refractivity contribution in [3.63, 3.8) is 0 Å². The van der Waals surface area contributed by atoms with Crippen LogP contribution in [0.5, 0.6) is 0 Å². The van der Waals surface area contributed by atoms with Crippen molar-refractivity contribution in [1.29, 1.82) is 5.26 Å². The first-order valence-corrected chi connectivity index (χ1v) is 5.60. The molecule has 0 aromatic carbocycles. The number of nitriles is 1. The third kappa shape index (κ3) is 4.03. The highest BCUT2D eigenvalue weighted by Gasteiger charge is 2.16. The molecule has 4 nitrogen and oxygen atoms in total. The summed E-state index contributed by atoms with van der Waals surface area (Å²) in [5.74, 6) is 0. The fourth-order valence-corrected chi connectivity index (χ4v) is 1.59. The number of nitrogens with one attached hydrogen (secondary N) is 1. The van der Waals surface area contributed by atoms with E-state index >= 15 is 0 Å². The molecule has 16 heavy (non-hydrogen) atoms. The highest BCUT2D eigenvalue weighted by Crippen LogP contribution is 2.20. The van der Waals surface area contributed by atoms with E-state index in [1.807, 2.05) is 17.8 Å². The lowest BCUT2D eigenvalue weighted by atomic mass is 9.88. The van der Waals surface area contributed by atoms with Gasteiger partial charge in [-0.15, -0.1) is 0 Å². The molecular formula is C12H20N4. The Kier molecular flexibility index (Phi) is 4.51. The second kappa shape index (κ2) is 5.66. The van der Waals surface area contributed by atoms with Crippen molar-refractivity contribution in [3.8, 4) is 6.07 Å². The smallest absolute Gasteiger partial charge is 0.0621 e. The van der Waals surface area contributed by atoms with Crippen LogP contribution in [0.15, 0.2) is 12.3 Å². The zero-order chi connectivity index (χ0) is 12.0. The Labute approximate surface area is 97.3 Å². The van der Waals surface area contributed by atoms with Gasteiger partial charge in [-0.05, 0) is 17.9 Å². The van der Waals surface area contributed by atoms with Gasteiger partial charge >= 0.3 is 0 Å². The molecule has 4 heteroatoms. The lowest BCUT2D eigenvalue weighted by molar-refractivity contribution is 0.316. The Morgan fingerprint density at radius 2 is 2.31 bits per heavy atom. The minimum absolute atomic E-state index is 0.175. The molecule has 0 fully saturated rings. The summed E-state index contributed by atoms with van der Waals surface area (Å²) in [6.07, 6.45) is 3.36. The summed E-state index contributed by atoms with van der Waals surface area (Å²) in [5, 5.41) is 16.1. The minimum atomic E-state index is 0.175. The van der Waals surface area contributed by atoms with Gasteiger partial charge < -0.3 is 5.32 Å². The monoisotopic (exact) mass is 220 g/mol. The largest absolute Gasteiger partial charge is 0.311 e.